The van der Waals surface area contributed by atoms with E-state index in [1.165, 1.54) is 0 Å². The molecule has 0 amide bonds. The first-order valence-corrected chi connectivity index (χ1v) is 4.87. The van der Waals surface area contributed by atoms with Crippen molar-refractivity contribution in [1.82, 2.24) is 15.5 Å². The molecule has 0 fully saturated rings. The van der Waals surface area contributed by atoms with Crippen LogP contribution in [0.3, 0.4) is 0 Å². The first-order chi connectivity index (χ1) is 7.34. The van der Waals surface area contributed by atoms with E-state index in [4.69, 9.17) is 4.52 Å². The average Bonchev–Trinajstić information content (AvgIpc) is 2.66. The Labute approximate surface area is 88.3 Å². The van der Waals surface area contributed by atoms with Crippen LogP contribution in [0.15, 0.2) is 35.0 Å². The summed E-state index contributed by atoms with van der Waals surface area (Å²) in [5.74, 6) is 0.838. The summed E-state index contributed by atoms with van der Waals surface area (Å²) >= 11 is 0. The van der Waals surface area contributed by atoms with Crippen molar-refractivity contribution in [2.24, 2.45) is 0 Å². The second kappa shape index (κ2) is 4.70. The monoisotopic (exact) mass is 203 g/mol. The fourth-order valence-corrected chi connectivity index (χ4v) is 1.32. The van der Waals surface area contributed by atoms with E-state index < -0.39 is 0 Å². The molecule has 0 aliphatic rings. The third-order valence-corrected chi connectivity index (χ3v) is 2.02. The first kappa shape index (κ1) is 9.86. The van der Waals surface area contributed by atoms with Gasteiger partial charge in [0.25, 0.3) is 0 Å². The quantitative estimate of drug-likeness (QED) is 0.821. The molecule has 0 unspecified atom stereocenters. The van der Waals surface area contributed by atoms with Gasteiger partial charge in [-0.2, -0.15) is 0 Å². The van der Waals surface area contributed by atoms with Crippen LogP contribution in [0.25, 0.3) is 0 Å². The third-order valence-electron chi connectivity index (χ3n) is 2.02. The molecule has 0 aliphatic carbocycles. The van der Waals surface area contributed by atoms with Gasteiger partial charge < -0.3 is 9.84 Å². The van der Waals surface area contributed by atoms with Gasteiger partial charge in [-0.15, -0.1) is 0 Å². The van der Waals surface area contributed by atoms with E-state index in [1.54, 1.807) is 6.20 Å². The van der Waals surface area contributed by atoms with Crippen molar-refractivity contribution < 1.29 is 4.52 Å². The molecule has 2 aromatic rings. The van der Waals surface area contributed by atoms with Crippen LogP contribution in [0.1, 0.15) is 17.1 Å². The van der Waals surface area contributed by atoms with Crippen LogP contribution < -0.4 is 5.32 Å². The number of rotatable bonds is 4. The van der Waals surface area contributed by atoms with Crippen LogP contribution in [0.2, 0.25) is 0 Å². The predicted molar refractivity (Wildman–Crippen MR) is 56.0 cm³/mol. The Morgan fingerprint density at radius 3 is 2.80 bits per heavy atom. The number of nitrogens with zero attached hydrogens (tertiary/aromatic N) is 2. The van der Waals surface area contributed by atoms with Gasteiger partial charge in [0.05, 0.1) is 11.4 Å². The first-order valence-electron chi connectivity index (χ1n) is 4.87. The molecule has 0 bridgehead atoms. The second-order valence-corrected chi connectivity index (χ2v) is 3.35. The number of nitrogens with one attached hydrogen (secondary N) is 1. The van der Waals surface area contributed by atoms with E-state index in [9.17, 15) is 0 Å². The van der Waals surface area contributed by atoms with E-state index in [0.717, 1.165) is 23.7 Å². The maximum Gasteiger partial charge on any atom is 0.133 e. The molecule has 0 atom stereocenters. The number of hydrogen-bond donors (Lipinski definition) is 1. The number of pyridine rings is 1. The standard InChI is InChI=1S/C11H13N3O/c1-9-6-11(14-15-9)8-12-7-10-4-2-3-5-13-10/h2-6,12H,7-8H2,1H3. The summed E-state index contributed by atoms with van der Waals surface area (Å²) in [7, 11) is 0. The van der Waals surface area contributed by atoms with E-state index in [1.807, 2.05) is 31.2 Å². The van der Waals surface area contributed by atoms with Crippen LogP contribution in [0.4, 0.5) is 0 Å². The molecule has 4 heteroatoms. The highest BCUT2D eigenvalue weighted by Crippen LogP contribution is 2.01. The Hall–Kier alpha value is -1.68. The predicted octanol–water partition coefficient (Wildman–Crippen LogP) is 1.67. The fraction of sp³-hybridized carbons (Fsp3) is 0.273. The highest BCUT2D eigenvalue weighted by Gasteiger charge is 1.99. The minimum atomic E-state index is 0.702. The largest absolute Gasteiger partial charge is 0.361 e. The highest BCUT2D eigenvalue weighted by molar-refractivity contribution is 5.05. The van der Waals surface area contributed by atoms with Crippen molar-refractivity contribution in [3.8, 4) is 0 Å². The summed E-state index contributed by atoms with van der Waals surface area (Å²) in [6.45, 7) is 3.33. The Bertz CT molecular complexity index is 411. The molecular weight excluding hydrogens is 190 g/mol. The molecule has 2 rings (SSSR count). The van der Waals surface area contributed by atoms with Crippen LogP contribution in [-0.4, -0.2) is 10.1 Å². The van der Waals surface area contributed by atoms with Gasteiger partial charge in [0.1, 0.15) is 5.76 Å². The van der Waals surface area contributed by atoms with Crippen molar-refractivity contribution in [2.45, 2.75) is 20.0 Å². The Morgan fingerprint density at radius 1 is 1.27 bits per heavy atom. The van der Waals surface area contributed by atoms with Gasteiger partial charge in [-0.05, 0) is 19.1 Å². The summed E-state index contributed by atoms with van der Waals surface area (Å²) in [6, 6.07) is 7.79. The van der Waals surface area contributed by atoms with Crippen LogP contribution >= 0.6 is 0 Å². The summed E-state index contributed by atoms with van der Waals surface area (Å²) < 4.78 is 4.96. The number of aromatic nitrogens is 2. The Balaban J connectivity index is 1.80. The van der Waals surface area contributed by atoms with E-state index in [-0.39, 0.29) is 0 Å². The zero-order valence-electron chi connectivity index (χ0n) is 8.60. The summed E-state index contributed by atoms with van der Waals surface area (Å²) in [4.78, 5) is 4.21. The lowest BCUT2D eigenvalue weighted by molar-refractivity contribution is 0.388. The molecule has 0 aromatic carbocycles. The normalized spacial score (nSPS) is 10.5. The average molecular weight is 203 g/mol. The number of hydrogen-bond acceptors (Lipinski definition) is 4. The summed E-state index contributed by atoms with van der Waals surface area (Å²) in [5, 5.41) is 7.14. The molecule has 0 radical (unpaired) electrons. The van der Waals surface area contributed by atoms with Gasteiger partial charge in [0.2, 0.25) is 0 Å². The molecule has 0 saturated carbocycles. The zero-order chi connectivity index (χ0) is 10.5. The Kier molecular flexibility index (Phi) is 3.09. The molecule has 0 spiro atoms. The van der Waals surface area contributed by atoms with Gasteiger partial charge in [-0.25, -0.2) is 0 Å². The SMILES string of the molecule is Cc1cc(CNCc2ccccn2)no1. The maximum atomic E-state index is 4.96. The summed E-state index contributed by atoms with van der Waals surface area (Å²) in [5.41, 5.74) is 1.95. The van der Waals surface area contributed by atoms with Crippen molar-refractivity contribution in [1.29, 1.82) is 0 Å². The summed E-state index contributed by atoms with van der Waals surface area (Å²) in [6.07, 6.45) is 1.79. The lowest BCUT2D eigenvalue weighted by atomic mass is 10.3. The molecular formula is C11H13N3O. The van der Waals surface area contributed by atoms with E-state index in [2.05, 4.69) is 15.5 Å². The minimum Gasteiger partial charge on any atom is -0.361 e. The van der Waals surface area contributed by atoms with Crippen molar-refractivity contribution in [3.05, 3.63) is 47.6 Å². The topological polar surface area (TPSA) is 51.0 Å². The number of aryl methyl sites for hydroxylation is 1. The molecule has 2 aromatic heterocycles. The molecule has 0 saturated heterocycles. The Morgan fingerprint density at radius 2 is 2.13 bits per heavy atom. The van der Waals surface area contributed by atoms with Crippen LogP contribution in [0.5, 0.6) is 0 Å². The highest BCUT2D eigenvalue weighted by atomic mass is 16.5. The van der Waals surface area contributed by atoms with Crippen LogP contribution in [-0.2, 0) is 13.1 Å². The van der Waals surface area contributed by atoms with Gasteiger partial charge in [-0.3, -0.25) is 4.98 Å². The van der Waals surface area contributed by atoms with Gasteiger partial charge in [0.15, 0.2) is 0 Å². The smallest absolute Gasteiger partial charge is 0.133 e. The second-order valence-electron chi connectivity index (χ2n) is 3.35. The molecule has 15 heavy (non-hydrogen) atoms. The van der Waals surface area contributed by atoms with Crippen LogP contribution in [0, 0.1) is 6.92 Å². The molecule has 4 nitrogen and oxygen atoms in total. The van der Waals surface area contributed by atoms with Gasteiger partial charge in [-0.1, -0.05) is 11.2 Å². The van der Waals surface area contributed by atoms with E-state index in [0.29, 0.717) is 6.54 Å². The molecule has 78 valence electrons. The molecule has 1 N–H and O–H groups in total. The fourth-order valence-electron chi connectivity index (χ4n) is 1.32. The maximum absolute atomic E-state index is 4.96. The lowest BCUT2D eigenvalue weighted by Crippen LogP contribution is -2.13. The lowest BCUT2D eigenvalue weighted by Gasteiger charge is -2.00. The molecule has 2 heterocycles. The third kappa shape index (κ3) is 2.89. The minimum absolute atomic E-state index is 0.702. The van der Waals surface area contributed by atoms with Gasteiger partial charge in [0, 0.05) is 25.4 Å². The van der Waals surface area contributed by atoms with Crippen molar-refractivity contribution in [3.63, 3.8) is 0 Å². The zero-order valence-corrected chi connectivity index (χ0v) is 8.60. The molecule has 0 aliphatic heterocycles. The van der Waals surface area contributed by atoms with Crippen molar-refractivity contribution >= 4 is 0 Å². The van der Waals surface area contributed by atoms with Crippen molar-refractivity contribution in [2.75, 3.05) is 0 Å². The van der Waals surface area contributed by atoms with E-state index >= 15 is 0 Å². The van der Waals surface area contributed by atoms with Gasteiger partial charge >= 0.3 is 0 Å².